The first-order chi connectivity index (χ1) is 8.27. The second-order valence-electron chi connectivity index (χ2n) is 4.06. The number of ether oxygens (including phenoxy) is 1. The number of carbonyl (C=O) groups is 1. The maximum atomic E-state index is 12.4. The second kappa shape index (κ2) is 5.51. The van der Waals surface area contributed by atoms with Gasteiger partial charge in [0, 0.05) is 19.1 Å². The predicted octanol–water partition coefficient (Wildman–Crippen LogP) is 1.58. The molecule has 1 amide bonds. The van der Waals surface area contributed by atoms with Gasteiger partial charge in [-0.25, -0.2) is 0 Å². The smallest absolute Gasteiger partial charge is 0.268 e. The Morgan fingerprint density at radius 2 is 2.53 bits per heavy atom. The van der Waals surface area contributed by atoms with Gasteiger partial charge in [0.2, 0.25) is 0 Å². The monoisotopic (exact) mass is 254 g/mol. The summed E-state index contributed by atoms with van der Waals surface area (Å²) in [4.78, 5) is 15.1. The molecule has 1 atom stereocenters. The van der Waals surface area contributed by atoms with Crippen molar-refractivity contribution in [2.24, 2.45) is 0 Å². The van der Waals surface area contributed by atoms with Crippen molar-refractivity contribution >= 4 is 17.2 Å². The molecule has 5 heteroatoms. The Morgan fingerprint density at radius 1 is 1.71 bits per heavy atom. The van der Waals surface area contributed by atoms with Crippen LogP contribution in [0.15, 0.2) is 11.4 Å². The molecule has 2 heterocycles. The second-order valence-corrected chi connectivity index (χ2v) is 4.97. The minimum atomic E-state index is 0.0908. The minimum Gasteiger partial charge on any atom is -0.495 e. The number of hydrogen-bond acceptors (Lipinski definition) is 4. The zero-order valence-corrected chi connectivity index (χ0v) is 11.0. The van der Waals surface area contributed by atoms with E-state index in [0.29, 0.717) is 16.7 Å². The largest absolute Gasteiger partial charge is 0.495 e. The van der Waals surface area contributed by atoms with Crippen LogP contribution in [-0.4, -0.2) is 43.6 Å². The lowest BCUT2D eigenvalue weighted by atomic mass is 10.2. The summed E-state index contributed by atoms with van der Waals surface area (Å²) in [5.41, 5.74) is 0. The Kier molecular flexibility index (Phi) is 4.02. The van der Waals surface area contributed by atoms with Gasteiger partial charge in [-0.2, -0.15) is 0 Å². The van der Waals surface area contributed by atoms with Crippen LogP contribution in [0.5, 0.6) is 5.75 Å². The van der Waals surface area contributed by atoms with Crippen molar-refractivity contribution in [3.05, 3.63) is 16.3 Å². The normalized spacial score (nSPS) is 19.3. The van der Waals surface area contributed by atoms with Crippen molar-refractivity contribution in [3.63, 3.8) is 0 Å². The summed E-state index contributed by atoms with van der Waals surface area (Å²) in [7, 11) is 1.60. The summed E-state index contributed by atoms with van der Waals surface area (Å²) in [5.74, 6) is 0.775. The molecule has 1 unspecified atom stereocenters. The number of nitrogens with zero attached hydrogens (tertiary/aromatic N) is 1. The van der Waals surface area contributed by atoms with E-state index in [2.05, 4.69) is 5.32 Å². The number of thiophene rings is 1. The lowest BCUT2D eigenvalue weighted by Gasteiger charge is -2.26. The van der Waals surface area contributed by atoms with Gasteiger partial charge >= 0.3 is 0 Å². The molecule has 4 nitrogen and oxygen atoms in total. The summed E-state index contributed by atoms with van der Waals surface area (Å²) in [6.45, 7) is 4.66. The van der Waals surface area contributed by atoms with Crippen molar-refractivity contribution < 1.29 is 9.53 Å². The molecule has 2 rings (SSSR count). The van der Waals surface area contributed by atoms with Crippen LogP contribution in [0.2, 0.25) is 0 Å². The van der Waals surface area contributed by atoms with Gasteiger partial charge in [0.15, 0.2) is 0 Å². The van der Waals surface area contributed by atoms with Gasteiger partial charge in [-0.15, -0.1) is 11.3 Å². The first-order valence-corrected chi connectivity index (χ1v) is 6.79. The lowest BCUT2D eigenvalue weighted by molar-refractivity contribution is 0.0706. The Balaban J connectivity index is 2.16. The molecule has 0 radical (unpaired) electrons. The average molecular weight is 254 g/mol. The van der Waals surface area contributed by atoms with Gasteiger partial charge in [0.1, 0.15) is 10.6 Å². The molecule has 0 spiro atoms. The van der Waals surface area contributed by atoms with Gasteiger partial charge in [-0.05, 0) is 31.3 Å². The Bertz CT molecular complexity index is 386. The molecule has 0 bridgehead atoms. The van der Waals surface area contributed by atoms with E-state index in [1.165, 1.54) is 11.3 Å². The highest BCUT2D eigenvalue weighted by atomic mass is 32.1. The number of carbonyl (C=O) groups excluding carboxylic acids is 1. The van der Waals surface area contributed by atoms with Crippen LogP contribution in [-0.2, 0) is 0 Å². The molecule has 0 aliphatic carbocycles. The number of likely N-dealkylation sites (N-methyl/N-ethyl adjacent to an activating group) is 1. The van der Waals surface area contributed by atoms with Crippen molar-refractivity contribution in [2.45, 2.75) is 19.4 Å². The maximum Gasteiger partial charge on any atom is 0.268 e. The van der Waals surface area contributed by atoms with Crippen LogP contribution >= 0.6 is 11.3 Å². The SMILES string of the molecule is CCN(C(=O)c1sccc1OC)C1CCNC1. The van der Waals surface area contributed by atoms with Crippen LogP contribution in [0.3, 0.4) is 0 Å². The Hall–Kier alpha value is -1.07. The average Bonchev–Trinajstić information content (AvgIpc) is 3.00. The minimum absolute atomic E-state index is 0.0908. The molecule has 17 heavy (non-hydrogen) atoms. The van der Waals surface area contributed by atoms with E-state index in [9.17, 15) is 4.79 Å². The molecular formula is C12H18N2O2S. The molecule has 1 aromatic heterocycles. The molecule has 1 saturated heterocycles. The van der Waals surface area contributed by atoms with E-state index >= 15 is 0 Å². The molecule has 1 aliphatic heterocycles. The fraction of sp³-hybridized carbons (Fsp3) is 0.583. The number of amides is 1. The van der Waals surface area contributed by atoms with Gasteiger partial charge < -0.3 is 15.0 Å². The number of methoxy groups -OCH3 is 1. The van der Waals surface area contributed by atoms with Crippen LogP contribution in [0.4, 0.5) is 0 Å². The molecule has 1 aliphatic rings. The topological polar surface area (TPSA) is 41.6 Å². The fourth-order valence-electron chi connectivity index (χ4n) is 2.22. The summed E-state index contributed by atoms with van der Waals surface area (Å²) in [6, 6.07) is 2.16. The highest BCUT2D eigenvalue weighted by molar-refractivity contribution is 7.12. The van der Waals surface area contributed by atoms with Crippen LogP contribution in [0.1, 0.15) is 23.0 Å². The maximum absolute atomic E-state index is 12.4. The Morgan fingerprint density at radius 3 is 3.12 bits per heavy atom. The molecule has 1 aromatic rings. The van der Waals surface area contributed by atoms with E-state index < -0.39 is 0 Å². The summed E-state index contributed by atoms with van der Waals surface area (Å²) < 4.78 is 5.21. The van der Waals surface area contributed by atoms with Crippen LogP contribution < -0.4 is 10.1 Å². The first kappa shape index (κ1) is 12.4. The van der Waals surface area contributed by atoms with Crippen molar-refractivity contribution in [1.29, 1.82) is 0 Å². The van der Waals surface area contributed by atoms with E-state index in [1.54, 1.807) is 7.11 Å². The molecule has 0 saturated carbocycles. The van der Waals surface area contributed by atoms with Gasteiger partial charge in [0.25, 0.3) is 5.91 Å². The molecule has 1 N–H and O–H groups in total. The quantitative estimate of drug-likeness (QED) is 0.887. The van der Waals surface area contributed by atoms with E-state index in [0.717, 1.165) is 26.1 Å². The molecule has 94 valence electrons. The third-order valence-electron chi connectivity index (χ3n) is 3.12. The van der Waals surface area contributed by atoms with Gasteiger partial charge in [-0.3, -0.25) is 4.79 Å². The zero-order valence-electron chi connectivity index (χ0n) is 10.2. The molecular weight excluding hydrogens is 236 g/mol. The third kappa shape index (κ3) is 2.45. The lowest BCUT2D eigenvalue weighted by Crippen LogP contribution is -2.41. The van der Waals surface area contributed by atoms with Crippen molar-refractivity contribution in [3.8, 4) is 5.75 Å². The summed E-state index contributed by atoms with van der Waals surface area (Å²) >= 11 is 1.45. The van der Waals surface area contributed by atoms with Crippen molar-refractivity contribution in [2.75, 3.05) is 26.7 Å². The standard InChI is InChI=1S/C12H18N2O2S/c1-3-14(9-4-6-13-8-9)12(15)11-10(16-2)5-7-17-11/h5,7,9,13H,3-4,6,8H2,1-2H3. The van der Waals surface area contributed by atoms with Gasteiger partial charge in [-0.1, -0.05) is 0 Å². The number of rotatable bonds is 4. The summed E-state index contributed by atoms with van der Waals surface area (Å²) in [6.07, 6.45) is 1.03. The van der Waals surface area contributed by atoms with E-state index in [1.807, 2.05) is 23.3 Å². The highest BCUT2D eigenvalue weighted by Crippen LogP contribution is 2.27. The van der Waals surface area contributed by atoms with E-state index in [-0.39, 0.29) is 5.91 Å². The Labute approximate surface area is 106 Å². The number of nitrogens with one attached hydrogen (secondary N) is 1. The highest BCUT2D eigenvalue weighted by Gasteiger charge is 2.28. The van der Waals surface area contributed by atoms with E-state index in [4.69, 9.17) is 4.74 Å². The zero-order chi connectivity index (χ0) is 12.3. The third-order valence-corrected chi connectivity index (χ3v) is 4.00. The van der Waals surface area contributed by atoms with Crippen molar-refractivity contribution in [1.82, 2.24) is 10.2 Å². The fourth-order valence-corrected chi connectivity index (χ4v) is 3.03. The van der Waals surface area contributed by atoms with Gasteiger partial charge in [0.05, 0.1) is 7.11 Å². The first-order valence-electron chi connectivity index (χ1n) is 5.91. The molecule has 1 fully saturated rings. The molecule has 0 aromatic carbocycles. The summed E-state index contributed by atoms with van der Waals surface area (Å²) in [5, 5.41) is 5.19. The number of hydrogen-bond donors (Lipinski definition) is 1. The van der Waals surface area contributed by atoms with Crippen LogP contribution in [0, 0.1) is 0 Å². The van der Waals surface area contributed by atoms with Crippen LogP contribution in [0.25, 0.3) is 0 Å². The predicted molar refractivity (Wildman–Crippen MR) is 68.9 cm³/mol.